The van der Waals surface area contributed by atoms with Crippen molar-refractivity contribution in [3.63, 3.8) is 0 Å². The lowest BCUT2D eigenvalue weighted by atomic mass is 10.0. The molecule has 1 fully saturated rings. The Bertz CT molecular complexity index is 183. The molecule has 0 radical (unpaired) electrons. The summed E-state index contributed by atoms with van der Waals surface area (Å²) in [6, 6.07) is 0. The molecule has 0 aromatic heterocycles. The molecular formula is C11H24N2O2. The highest BCUT2D eigenvalue weighted by atomic mass is 16.5. The fourth-order valence-corrected chi connectivity index (χ4v) is 1.95. The van der Waals surface area contributed by atoms with Gasteiger partial charge in [-0.2, -0.15) is 0 Å². The first-order valence-corrected chi connectivity index (χ1v) is 5.64. The summed E-state index contributed by atoms with van der Waals surface area (Å²) in [6.07, 6.45) is 2.72. The summed E-state index contributed by atoms with van der Waals surface area (Å²) >= 11 is 0. The van der Waals surface area contributed by atoms with E-state index in [1.165, 1.54) is 6.42 Å². The third-order valence-corrected chi connectivity index (χ3v) is 3.32. The first-order chi connectivity index (χ1) is 7.12. The molecule has 0 aromatic rings. The number of likely N-dealkylation sites (N-methyl/N-ethyl adjacent to an activating group) is 1. The highest BCUT2D eigenvalue weighted by molar-refractivity contribution is 4.87. The van der Waals surface area contributed by atoms with Crippen molar-refractivity contribution >= 4 is 0 Å². The van der Waals surface area contributed by atoms with E-state index in [0.29, 0.717) is 19.3 Å². The number of ether oxygens (including phenoxy) is 2. The monoisotopic (exact) mass is 216 g/mol. The van der Waals surface area contributed by atoms with Crippen molar-refractivity contribution in [1.29, 1.82) is 0 Å². The number of hydrogen-bond acceptors (Lipinski definition) is 4. The molecule has 0 spiro atoms. The molecule has 15 heavy (non-hydrogen) atoms. The van der Waals surface area contributed by atoms with Crippen molar-refractivity contribution in [3.05, 3.63) is 0 Å². The van der Waals surface area contributed by atoms with Gasteiger partial charge < -0.3 is 15.2 Å². The SMILES string of the molecule is COCC(C)(CN)N(C)CC1CCCO1. The van der Waals surface area contributed by atoms with Gasteiger partial charge in [-0.3, -0.25) is 4.90 Å². The van der Waals surface area contributed by atoms with Crippen molar-refractivity contribution in [2.45, 2.75) is 31.4 Å². The van der Waals surface area contributed by atoms with Crippen LogP contribution in [0.2, 0.25) is 0 Å². The Morgan fingerprint density at radius 2 is 2.33 bits per heavy atom. The number of hydrogen-bond donors (Lipinski definition) is 1. The van der Waals surface area contributed by atoms with Crippen molar-refractivity contribution < 1.29 is 9.47 Å². The predicted molar refractivity (Wildman–Crippen MR) is 60.9 cm³/mol. The lowest BCUT2D eigenvalue weighted by Crippen LogP contribution is -2.54. The van der Waals surface area contributed by atoms with Crippen LogP contribution in [-0.2, 0) is 9.47 Å². The van der Waals surface area contributed by atoms with E-state index >= 15 is 0 Å². The van der Waals surface area contributed by atoms with Gasteiger partial charge in [0.15, 0.2) is 0 Å². The van der Waals surface area contributed by atoms with Gasteiger partial charge in [0, 0.05) is 26.8 Å². The predicted octanol–water partition coefficient (Wildman–Crippen LogP) is 0.461. The van der Waals surface area contributed by atoms with Crippen LogP contribution in [0.4, 0.5) is 0 Å². The van der Waals surface area contributed by atoms with E-state index in [9.17, 15) is 0 Å². The van der Waals surface area contributed by atoms with Gasteiger partial charge in [0.05, 0.1) is 18.2 Å². The lowest BCUT2D eigenvalue weighted by molar-refractivity contribution is 0.00620. The summed E-state index contributed by atoms with van der Waals surface area (Å²) in [5, 5.41) is 0. The third kappa shape index (κ3) is 3.41. The molecule has 0 saturated carbocycles. The molecule has 1 aliphatic rings. The number of rotatable bonds is 6. The minimum atomic E-state index is -0.0826. The van der Waals surface area contributed by atoms with Crippen LogP contribution in [0.25, 0.3) is 0 Å². The molecule has 4 nitrogen and oxygen atoms in total. The molecule has 0 aromatic carbocycles. The van der Waals surface area contributed by atoms with Crippen LogP contribution >= 0.6 is 0 Å². The summed E-state index contributed by atoms with van der Waals surface area (Å²) in [5.41, 5.74) is 5.72. The largest absolute Gasteiger partial charge is 0.383 e. The van der Waals surface area contributed by atoms with Gasteiger partial charge in [0.2, 0.25) is 0 Å². The van der Waals surface area contributed by atoms with Crippen molar-refractivity contribution in [2.75, 3.05) is 40.5 Å². The standard InChI is InChI=1S/C11H24N2O2/c1-11(8-12,9-14-3)13(2)7-10-5-4-6-15-10/h10H,4-9,12H2,1-3H3. The molecule has 4 heteroatoms. The molecule has 2 unspecified atom stereocenters. The maximum atomic E-state index is 5.81. The minimum Gasteiger partial charge on any atom is -0.383 e. The fourth-order valence-electron chi connectivity index (χ4n) is 1.95. The van der Waals surface area contributed by atoms with E-state index in [1.54, 1.807) is 7.11 Å². The van der Waals surface area contributed by atoms with E-state index in [-0.39, 0.29) is 5.54 Å². The van der Waals surface area contributed by atoms with Gasteiger partial charge in [-0.15, -0.1) is 0 Å². The summed E-state index contributed by atoms with van der Waals surface area (Å²) in [5.74, 6) is 0. The van der Waals surface area contributed by atoms with Gasteiger partial charge in [-0.05, 0) is 26.8 Å². The second kappa shape index (κ2) is 5.80. The summed E-state index contributed by atoms with van der Waals surface area (Å²) < 4.78 is 10.8. The van der Waals surface area contributed by atoms with Crippen molar-refractivity contribution in [3.8, 4) is 0 Å². The Morgan fingerprint density at radius 3 is 2.80 bits per heavy atom. The minimum absolute atomic E-state index is 0.0826. The second-order valence-electron chi connectivity index (χ2n) is 4.65. The summed E-state index contributed by atoms with van der Waals surface area (Å²) in [4.78, 5) is 2.26. The van der Waals surface area contributed by atoms with Crippen LogP contribution < -0.4 is 5.73 Å². The third-order valence-electron chi connectivity index (χ3n) is 3.32. The molecule has 2 N–H and O–H groups in total. The molecule has 0 amide bonds. The molecule has 1 rings (SSSR count). The Hall–Kier alpha value is -0.160. The van der Waals surface area contributed by atoms with E-state index in [2.05, 4.69) is 18.9 Å². The van der Waals surface area contributed by atoms with Crippen LogP contribution in [-0.4, -0.2) is 57.0 Å². The maximum Gasteiger partial charge on any atom is 0.0702 e. The highest BCUT2D eigenvalue weighted by Gasteiger charge is 2.30. The number of methoxy groups -OCH3 is 1. The van der Waals surface area contributed by atoms with Crippen LogP contribution in [0.3, 0.4) is 0 Å². The Balaban J connectivity index is 2.44. The lowest BCUT2D eigenvalue weighted by Gasteiger charge is -2.38. The van der Waals surface area contributed by atoms with Crippen LogP contribution in [0, 0.1) is 0 Å². The fraction of sp³-hybridized carbons (Fsp3) is 1.00. The smallest absolute Gasteiger partial charge is 0.0702 e. The topological polar surface area (TPSA) is 47.7 Å². The highest BCUT2D eigenvalue weighted by Crippen LogP contribution is 2.18. The van der Waals surface area contributed by atoms with Crippen molar-refractivity contribution in [2.24, 2.45) is 5.73 Å². The van der Waals surface area contributed by atoms with E-state index in [0.717, 1.165) is 19.6 Å². The van der Waals surface area contributed by atoms with Gasteiger partial charge in [-0.25, -0.2) is 0 Å². The van der Waals surface area contributed by atoms with E-state index in [4.69, 9.17) is 15.2 Å². The molecular weight excluding hydrogens is 192 g/mol. The molecule has 0 bridgehead atoms. The van der Waals surface area contributed by atoms with Crippen LogP contribution in [0.15, 0.2) is 0 Å². The first-order valence-electron chi connectivity index (χ1n) is 5.64. The van der Waals surface area contributed by atoms with Gasteiger partial charge in [0.25, 0.3) is 0 Å². The Kier molecular flexibility index (Phi) is 4.99. The Labute approximate surface area is 92.7 Å². The zero-order valence-corrected chi connectivity index (χ0v) is 10.2. The molecule has 1 saturated heterocycles. The van der Waals surface area contributed by atoms with Gasteiger partial charge in [-0.1, -0.05) is 0 Å². The first kappa shape index (κ1) is 12.9. The molecule has 2 atom stereocenters. The zero-order chi connectivity index (χ0) is 11.3. The molecule has 1 heterocycles. The Morgan fingerprint density at radius 1 is 1.60 bits per heavy atom. The maximum absolute atomic E-state index is 5.81. The van der Waals surface area contributed by atoms with Crippen LogP contribution in [0.1, 0.15) is 19.8 Å². The molecule has 0 aliphatic carbocycles. The van der Waals surface area contributed by atoms with Crippen LogP contribution in [0.5, 0.6) is 0 Å². The normalized spacial score (nSPS) is 25.8. The second-order valence-corrected chi connectivity index (χ2v) is 4.65. The van der Waals surface area contributed by atoms with E-state index in [1.807, 2.05) is 0 Å². The average Bonchev–Trinajstić information content (AvgIpc) is 2.70. The number of nitrogens with zero attached hydrogens (tertiary/aromatic N) is 1. The van der Waals surface area contributed by atoms with Gasteiger partial charge >= 0.3 is 0 Å². The molecule has 1 aliphatic heterocycles. The van der Waals surface area contributed by atoms with Gasteiger partial charge in [0.1, 0.15) is 0 Å². The van der Waals surface area contributed by atoms with Crippen molar-refractivity contribution in [1.82, 2.24) is 4.90 Å². The van der Waals surface area contributed by atoms with E-state index < -0.39 is 0 Å². The molecule has 90 valence electrons. The zero-order valence-electron chi connectivity index (χ0n) is 10.2. The average molecular weight is 216 g/mol. The summed E-state index contributed by atoms with van der Waals surface area (Å²) in [6.45, 7) is 5.24. The summed E-state index contributed by atoms with van der Waals surface area (Å²) in [7, 11) is 3.81. The quantitative estimate of drug-likeness (QED) is 0.701. The number of nitrogens with two attached hydrogens (primary N) is 1.